The molecule has 1 rings (SSSR count). The molecule has 0 aliphatic rings. The molecule has 1 heterocycles. The molecule has 4 heteroatoms. The summed E-state index contributed by atoms with van der Waals surface area (Å²) in [6.45, 7) is 2.01. The predicted molar refractivity (Wildman–Crippen MR) is 46.4 cm³/mol. The lowest BCUT2D eigenvalue weighted by molar-refractivity contribution is -0.137. The van der Waals surface area contributed by atoms with Crippen molar-refractivity contribution in [3.05, 3.63) is 18.4 Å². The fourth-order valence-electron chi connectivity index (χ4n) is 1.31. The second-order valence-electron chi connectivity index (χ2n) is 2.95. The van der Waals surface area contributed by atoms with Crippen molar-refractivity contribution >= 4 is 5.97 Å². The van der Waals surface area contributed by atoms with Crippen LogP contribution in [0.15, 0.2) is 16.9 Å². The molecule has 0 aliphatic heterocycles. The average molecular weight is 183 g/mol. The minimum Gasteiger partial charge on any atom is -0.481 e. The fourth-order valence-corrected chi connectivity index (χ4v) is 1.31. The van der Waals surface area contributed by atoms with Crippen LogP contribution in [0.5, 0.6) is 0 Å². The Morgan fingerprint density at radius 2 is 2.54 bits per heavy atom. The van der Waals surface area contributed by atoms with Gasteiger partial charge in [-0.2, -0.15) is 0 Å². The SMILES string of the molecule is CCCC(CC(=O)O)c1ncco1. The Balaban J connectivity index is 2.62. The van der Waals surface area contributed by atoms with Gasteiger partial charge >= 0.3 is 5.97 Å². The summed E-state index contributed by atoms with van der Waals surface area (Å²) in [6, 6.07) is 0. The van der Waals surface area contributed by atoms with E-state index in [0.29, 0.717) is 5.89 Å². The van der Waals surface area contributed by atoms with E-state index in [-0.39, 0.29) is 12.3 Å². The molecular formula is C9H13NO3. The van der Waals surface area contributed by atoms with Gasteiger partial charge in [0.15, 0.2) is 5.89 Å². The lowest BCUT2D eigenvalue weighted by atomic mass is 10.00. The Morgan fingerprint density at radius 1 is 1.77 bits per heavy atom. The Morgan fingerprint density at radius 3 is 3.00 bits per heavy atom. The maximum Gasteiger partial charge on any atom is 0.304 e. The number of aliphatic carboxylic acids is 1. The van der Waals surface area contributed by atoms with Crippen LogP contribution in [0, 0.1) is 0 Å². The zero-order valence-electron chi connectivity index (χ0n) is 7.56. The van der Waals surface area contributed by atoms with Crippen LogP contribution in [-0.2, 0) is 4.79 Å². The van der Waals surface area contributed by atoms with E-state index in [0.717, 1.165) is 12.8 Å². The van der Waals surface area contributed by atoms with Gasteiger partial charge in [0, 0.05) is 5.92 Å². The third-order valence-electron chi connectivity index (χ3n) is 1.86. The third-order valence-corrected chi connectivity index (χ3v) is 1.86. The Hall–Kier alpha value is -1.32. The first-order chi connectivity index (χ1) is 6.24. The van der Waals surface area contributed by atoms with E-state index in [2.05, 4.69) is 4.98 Å². The maximum atomic E-state index is 10.5. The number of rotatable bonds is 5. The summed E-state index contributed by atoms with van der Waals surface area (Å²) < 4.78 is 5.07. The molecule has 13 heavy (non-hydrogen) atoms. The Bertz CT molecular complexity index is 256. The number of hydrogen-bond acceptors (Lipinski definition) is 3. The molecule has 0 aromatic carbocycles. The smallest absolute Gasteiger partial charge is 0.304 e. The van der Waals surface area contributed by atoms with Crippen molar-refractivity contribution in [2.75, 3.05) is 0 Å². The first-order valence-electron chi connectivity index (χ1n) is 4.35. The van der Waals surface area contributed by atoms with Crippen molar-refractivity contribution in [2.24, 2.45) is 0 Å². The molecular weight excluding hydrogens is 170 g/mol. The van der Waals surface area contributed by atoms with Crippen molar-refractivity contribution in [1.29, 1.82) is 0 Å². The van der Waals surface area contributed by atoms with Crippen LogP contribution in [0.25, 0.3) is 0 Å². The summed E-state index contributed by atoms with van der Waals surface area (Å²) in [4.78, 5) is 14.5. The molecule has 4 nitrogen and oxygen atoms in total. The highest BCUT2D eigenvalue weighted by molar-refractivity contribution is 5.67. The molecule has 1 aromatic rings. The number of carbonyl (C=O) groups is 1. The van der Waals surface area contributed by atoms with Gasteiger partial charge in [-0.3, -0.25) is 4.79 Å². The van der Waals surface area contributed by atoms with Crippen molar-refractivity contribution < 1.29 is 14.3 Å². The second kappa shape index (κ2) is 4.64. The number of aromatic nitrogens is 1. The quantitative estimate of drug-likeness (QED) is 0.758. The molecule has 0 saturated carbocycles. The van der Waals surface area contributed by atoms with Crippen LogP contribution in [0.4, 0.5) is 0 Å². The molecule has 1 N–H and O–H groups in total. The van der Waals surface area contributed by atoms with Gasteiger partial charge < -0.3 is 9.52 Å². The van der Waals surface area contributed by atoms with Crippen molar-refractivity contribution in [3.8, 4) is 0 Å². The van der Waals surface area contributed by atoms with E-state index >= 15 is 0 Å². The summed E-state index contributed by atoms with van der Waals surface area (Å²) in [6.07, 6.45) is 4.83. The van der Waals surface area contributed by atoms with Crippen molar-refractivity contribution in [1.82, 2.24) is 4.98 Å². The van der Waals surface area contributed by atoms with Gasteiger partial charge in [-0.05, 0) is 6.42 Å². The first kappa shape index (κ1) is 9.77. The zero-order valence-corrected chi connectivity index (χ0v) is 7.56. The number of carboxylic acid groups (broad SMARTS) is 1. The molecule has 1 unspecified atom stereocenters. The second-order valence-corrected chi connectivity index (χ2v) is 2.95. The lowest BCUT2D eigenvalue weighted by Gasteiger charge is -2.08. The number of carboxylic acids is 1. The minimum atomic E-state index is -0.809. The normalized spacial score (nSPS) is 12.7. The summed E-state index contributed by atoms with van der Waals surface area (Å²) in [5.74, 6) is -0.363. The van der Waals surface area contributed by atoms with E-state index in [4.69, 9.17) is 9.52 Å². The van der Waals surface area contributed by atoms with Gasteiger partial charge in [0.05, 0.1) is 12.6 Å². The summed E-state index contributed by atoms with van der Waals surface area (Å²) >= 11 is 0. The summed E-state index contributed by atoms with van der Waals surface area (Å²) in [5, 5.41) is 8.64. The third kappa shape index (κ3) is 2.89. The summed E-state index contributed by atoms with van der Waals surface area (Å²) in [5.41, 5.74) is 0. The molecule has 0 radical (unpaired) electrons. The summed E-state index contributed by atoms with van der Waals surface area (Å²) in [7, 11) is 0. The molecule has 0 saturated heterocycles. The van der Waals surface area contributed by atoms with Crippen LogP contribution in [0.2, 0.25) is 0 Å². The Kier molecular flexibility index (Phi) is 3.49. The highest BCUT2D eigenvalue weighted by atomic mass is 16.4. The fraction of sp³-hybridized carbons (Fsp3) is 0.556. The van der Waals surface area contributed by atoms with Crippen LogP contribution in [0.3, 0.4) is 0 Å². The molecule has 72 valence electrons. The number of oxazole rings is 1. The van der Waals surface area contributed by atoms with Crippen LogP contribution >= 0.6 is 0 Å². The van der Waals surface area contributed by atoms with Gasteiger partial charge in [0.2, 0.25) is 0 Å². The van der Waals surface area contributed by atoms with Crippen LogP contribution in [-0.4, -0.2) is 16.1 Å². The van der Waals surface area contributed by atoms with Gasteiger partial charge in [-0.25, -0.2) is 4.98 Å². The minimum absolute atomic E-state index is 0.0856. The molecule has 1 atom stereocenters. The molecule has 0 aliphatic carbocycles. The average Bonchev–Trinajstić information content (AvgIpc) is 2.54. The van der Waals surface area contributed by atoms with E-state index in [9.17, 15) is 4.79 Å². The predicted octanol–water partition coefficient (Wildman–Crippen LogP) is 2.03. The number of hydrogen-bond donors (Lipinski definition) is 1. The van der Waals surface area contributed by atoms with Gasteiger partial charge in [-0.1, -0.05) is 13.3 Å². The van der Waals surface area contributed by atoms with Crippen LogP contribution < -0.4 is 0 Å². The van der Waals surface area contributed by atoms with E-state index in [1.165, 1.54) is 6.26 Å². The number of nitrogens with zero attached hydrogens (tertiary/aromatic N) is 1. The standard InChI is InChI=1S/C9H13NO3/c1-2-3-7(6-8(11)12)9-10-4-5-13-9/h4-5,7H,2-3,6H2,1H3,(H,11,12). The van der Waals surface area contributed by atoms with Gasteiger partial charge in [0.25, 0.3) is 0 Å². The highest BCUT2D eigenvalue weighted by Crippen LogP contribution is 2.22. The molecule has 0 amide bonds. The van der Waals surface area contributed by atoms with E-state index < -0.39 is 5.97 Å². The van der Waals surface area contributed by atoms with Gasteiger partial charge in [-0.15, -0.1) is 0 Å². The lowest BCUT2D eigenvalue weighted by Crippen LogP contribution is -2.06. The Labute approximate surface area is 76.6 Å². The highest BCUT2D eigenvalue weighted by Gasteiger charge is 2.18. The molecule has 0 fully saturated rings. The molecule has 1 aromatic heterocycles. The van der Waals surface area contributed by atoms with E-state index in [1.54, 1.807) is 6.20 Å². The van der Waals surface area contributed by atoms with Crippen LogP contribution in [0.1, 0.15) is 38.0 Å². The molecule has 0 bridgehead atoms. The largest absolute Gasteiger partial charge is 0.481 e. The van der Waals surface area contributed by atoms with E-state index in [1.807, 2.05) is 6.92 Å². The first-order valence-corrected chi connectivity index (χ1v) is 4.35. The maximum absolute atomic E-state index is 10.5. The monoisotopic (exact) mass is 183 g/mol. The zero-order chi connectivity index (χ0) is 9.68. The van der Waals surface area contributed by atoms with Crippen molar-refractivity contribution in [2.45, 2.75) is 32.1 Å². The van der Waals surface area contributed by atoms with Crippen molar-refractivity contribution in [3.63, 3.8) is 0 Å². The van der Waals surface area contributed by atoms with Gasteiger partial charge in [0.1, 0.15) is 6.26 Å². The molecule has 0 spiro atoms. The topological polar surface area (TPSA) is 63.3 Å².